The second-order valence-electron chi connectivity index (χ2n) is 12.8. The molecule has 0 bridgehead atoms. The van der Waals surface area contributed by atoms with Crippen LogP contribution >= 0.6 is 0 Å². The predicted octanol–water partition coefficient (Wildman–Crippen LogP) is 11.8. The lowest BCUT2D eigenvalue weighted by molar-refractivity contribution is 0.668. The zero-order chi connectivity index (χ0) is 33.5. The summed E-state index contributed by atoms with van der Waals surface area (Å²) in [5, 5.41) is 6.66. The minimum absolute atomic E-state index is 0.590. The fourth-order valence-electron chi connectivity index (χ4n) is 7.51. The molecule has 6 heteroatoms. The van der Waals surface area contributed by atoms with E-state index in [4.69, 9.17) is 23.8 Å². The Morgan fingerprint density at radius 2 is 0.941 bits per heavy atom. The maximum atomic E-state index is 6.65. The average Bonchev–Trinajstić information content (AvgIpc) is 3.87. The number of nitrogens with zero attached hydrogens (tertiary/aromatic N) is 4. The first kappa shape index (κ1) is 27.9. The maximum absolute atomic E-state index is 6.65. The number of fused-ring (bicyclic) bond motifs is 10. The third kappa shape index (κ3) is 4.26. The summed E-state index contributed by atoms with van der Waals surface area (Å²) in [6.07, 6.45) is 0. The quantitative estimate of drug-likeness (QED) is 0.189. The lowest BCUT2D eigenvalue weighted by Crippen LogP contribution is -2.00. The Morgan fingerprint density at radius 1 is 0.373 bits per heavy atom. The molecule has 51 heavy (non-hydrogen) atoms. The van der Waals surface area contributed by atoms with Crippen LogP contribution < -0.4 is 0 Å². The van der Waals surface area contributed by atoms with Crippen LogP contribution in [0.2, 0.25) is 0 Å². The van der Waals surface area contributed by atoms with Gasteiger partial charge < -0.3 is 13.4 Å². The fourth-order valence-corrected chi connectivity index (χ4v) is 7.51. The van der Waals surface area contributed by atoms with E-state index in [0.29, 0.717) is 17.5 Å². The van der Waals surface area contributed by atoms with Gasteiger partial charge in [-0.25, -0.2) is 15.0 Å². The molecule has 0 aliphatic rings. The standard InChI is InChI=1S/C45H26N4O2/c1-3-11-27(12-4-1)43-46-44(28-13-5-2-6-14-28)48-45(47-43)29-19-21-32-33-22-20-30(26-40(33)51-39(32)25-29)49-36-17-9-7-15-31(36)34-23-24-38-41(42(34)49)35-16-8-10-18-37(35)50-38/h1-26H. The van der Waals surface area contributed by atoms with Crippen molar-refractivity contribution in [2.45, 2.75) is 0 Å². The van der Waals surface area contributed by atoms with E-state index in [1.165, 1.54) is 10.8 Å². The molecule has 0 saturated heterocycles. The van der Waals surface area contributed by atoms with Gasteiger partial charge in [-0.1, -0.05) is 103 Å². The van der Waals surface area contributed by atoms with E-state index in [9.17, 15) is 0 Å². The topological polar surface area (TPSA) is 69.9 Å². The molecule has 7 aromatic carbocycles. The van der Waals surface area contributed by atoms with Gasteiger partial charge in [-0.2, -0.15) is 0 Å². The number of para-hydroxylation sites is 2. The first-order chi connectivity index (χ1) is 25.3. The normalized spacial score (nSPS) is 11.9. The molecule has 4 heterocycles. The number of hydrogen-bond acceptors (Lipinski definition) is 5. The van der Waals surface area contributed by atoms with Crippen molar-refractivity contribution in [3.63, 3.8) is 0 Å². The maximum Gasteiger partial charge on any atom is 0.164 e. The summed E-state index contributed by atoms with van der Waals surface area (Å²) >= 11 is 0. The van der Waals surface area contributed by atoms with Gasteiger partial charge in [0.15, 0.2) is 17.5 Å². The van der Waals surface area contributed by atoms with E-state index >= 15 is 0 Å². The van der Waals surface area contributed by atoms with Gasteiger partial charge in [0.2, 0.25) is 0 Å². The number of benzene rings is 7. The highest BCUT2D eigenvalue weighted by Crippen LogP contribution is 2.42. The first-order valence-corrected chi connectivity index (χ1v) is 16.9. The fraction of sp³-hybridized carbons (Fsp3) is 0. The monoisotopic (exact) mass is 654 g/mol. The number of rotatable bonds is 4. The van der Waals surface area contributed by atoms with E-state index in [-0.39, 0.29) is 0 Å². The molecule has 0 unspecified atom stereocenters. The zero-order valence-corrected chi connectivity index (χ0v) is 27.1. The average molecular weight is 655 g/mol. The van der Waals surface area contributed by atoms with E-state index in [0.717, 1.165) is 77.3 Å². The van der Waals surface area contributed by atoms with Crippen LogP contribution in [0.5, 0.6) is 0 Å². The summed E-state index contributed by atoms with van der Waals surface area (Å²) in [6, 6.07) is 53.8. The van der Waals surface area contributed by atoms with Crippen LogP contribution in [-0.2, 0) is 0 Å². The molecule has 0 fully saturated rings. The third-order valence-electron chi connectivity index (χ3n) is 9.85. The van der Waals surface area contributed by atoms with Gasteiger partial charge in [0.25, 0.3) is 0 Å². The molecule has 11 aromatic rings. The molecule has 0 N–H and O–H groups in total. The Morgan fingerprint density at radius 3 is 1.69 bits per heavy atom. The van der Waals surface area contributed by atoms with Crippen molar-refractivity contribution in [2.75, 3.05) is 0 Å². The molecule has 238 valence electrons. The largest absolute Gasteiger partial charge is 0.456 e. The first-order valence-electron chi connectivity index (χ1n) is 16.9. The highest BCUT2D eigenvalue weighted by Gasteiger charge is 2.20. The summed E-state index contributed by atoms with van der Waals surface area (Å²) in [7, 11) is 0. The molecular weight excluding hydrogens is 629 g/mol. The molecule has 6 nitrogen and oxygen atoms in total. The van der Waals surface area contributed by atoms with Crippen LogP contribution in [0.3, 0.4) is 0 Å². The minimum Gasteiger partial charge on any atom is -0.456 e. The molecule has 0 amide bonds. The Labute approximate surface area is 290 Å². The minimum atomic E-state index is 0.590. The molecule has 0 aliphatic heterocycles. The van der Waals surface area contributed by atoms with E-state index in [1.807, 2.05) is 78.9 Å². The second-order valence-corrected chi connectivity index (χ2v) is 12.8. The van der Waals surface area contributed by atoms with Crippen molar-refractivity contribution in [3.8, 4) is 39.9 Å². The smallest absolute Gasteiger partial charge is 0.164 e. The van der Waals surface area contributed by atoms with Crippen LogP contribution in [0, 0.1) is 0 Å². The highest BCUT2D eigenvalue weighted by molar-refractivity contribution is 6.24. The van der Waals surface area contributed by atoms with Gasteiger partial charge in [-0.05, 0) is 48.5 Å². The molecule has 0 spiro atoms. The van der Waals surface area contributed by atoms with Gasteiger partial charge in [0.1, 0.15) is 22.3 Å². The van der Waals surface area contributed by atoms with Crippen LogP contribution in [0.4, 0.5) is 0 Å². The lowest BCUT2D eigenvalue weighted by Gasteiger charge is -2.09. The molecule has 0 saturated carbocycles. The Balaban J connectivity index is 1.10. The van der Waals surface area contributed by atoms with Gasteiger partial charge >= 0.3 is 0 Å². The van der Waals surface area contributed by atoms with Crippen molar-refractivity contribution < 1.29 is 8.83 Å². The lowest BCUT2D eigenvalue weighted by atomic mass is 10.1. The summed E-state index contributed by atoms with van der Waals surface area (Å²) in [5.74, 6) is 1.84. The van der Waals surface area contributed by atoms with E-state index in [1.54, 1.807) is 0 Å². The van der Waals surface area contributed by atoms with Crippen molar-refractivity contribution >= 4 is 65.7 Å². The number of furan rings is 2. The molecule has 0 aliphatic carbocycles. The summed E-state index contributed by atoms with van der Waals surface area (Å²) in [4.78, 5) is 14.7. The number of hydrogen-bond donors (Lipinski definition) is 0. The van der Waals surface area contributed by atoms with Gasteiger partial charge in [-0.15, -0.1) is 0 Å². The zero-order valence-electron chi connectivity index (χ0n) is 27.1. The van der Waals surface area contributed by atoms with Crippen molar-refractivity contribution in [1.29, 1.82) is 0 Å². The van der Waals surface area contributed by atoms with Crippen LogP contribution in [-0.4, -0.2) is 19.5 Å². The molecule has 0 atom stereocenters. The summed E-state index contributed by atoms with van der Waals surface area (Å²) < 4.78 is 15.3. The Hall–Kier alpha value is -7.05. The summed E-state index contributed by atoms with van der Waals surface area (Å²) in [6.45, 7) is 0. The van der Waals surface area contributed by atoms with E-state index in [2.05, 4.69) is 83.4 Å². The van der Waals surface area contributed by atoms with Crippen LogP contribution in [0.15, 0.2) is 167 Å². The predicted molar refractivity (Wildman–Crippen MR) is 205 cm³/mol. The Bertz CT molecular complexity index is 3080. The number of aromatic nitrogens is 4. The molecule has 11 rings (SSSR count). The van der Waals surface area contributed by atoms with Gasteiger partial charge in [0.05, 0.1) is 16.4 Å². The van der Waals surface area contributed by atoms with Crippen LogP contribution in [0.25, 0.3) is 106 Å². The van der Waals surface area contributed by atoms with E-state index < -0.39 is 0 Å². The molecular formula is C45H26N4O2. The second kappa shape index (κ2) is 10.7. The van der Waals surface area contributed by atoms with Gasteiger partial charge in [-0.3, -0.25) is 0 Å². The molecule has 0 radical (unpaired) electrons. The third-order valence-corrected chi connectivity index (χ3v) is 9.85. The van der Waals surface area contributed by atoms with Crippen molar-refractivity contribution in [2.24, 2.45) is 0 Å². The Kier molecular flexibility index (Phi) is 5.86. The van der Waals surface area contributed by atoms with Gasteiger partial charge in [0, 0.05) is 55.4 Å². The van der Waals surface area contributed by atoms with Crippen molar-refractivity contribution in [3.05, 3.63) is 158 Å². The highest BCUT2D eigenvalue weighted by atomic mass is 16.3. The van der Waals surface area contributed by atoms with Crippen LogP contribution in [0.1, 0.15) is 0 Å². The molecule has 4 aromatic heterocycles. The SMILES string of the molecule is c1ccc(-c2nc(-c3ccccc3)nc(-c3ccc4c(c3)oc3cc(-n5c6ccccc6c6ccc7oc8ccccc8c7c65)ccc34)n2)cc1. The van der Waals surface area contributed by atoms with Crippen molar-refractivity contribution in [1.82, 2.24) is 19.5 Å². The summed E-state index contributed by atoms with van der Waals surface area (Å²) in [5.41, 5.74) is 9.31.